The van der Waals surface area contributed by atoms with Gasteiger partial charge in [-0.3, -0.25) is 4.79 Å². The van der Waals surface area contributed by atoms with Crippen molar-refractivity contribution < 1.29 is 9.53 Å². The maximum absolute atomic E-state index is 11.9. The van der Waals surface area contributed by atoms with Crippen molar-refractivity contribution in [3.8, 4) is 0 Å². The number of nitrogens with zero attached hydrogens (tertiary/aromatic N) is 1. The molecule has 0 heterocycles. The van der Waals surface area contributed by atoms with Gasteiger partial charge < -0.3 is 15.4 Å². The molecule has 0 saturated heterocycles. The summed E-state index contributed by atoms with van der Waals surface area (Å²) in [5.41, 5.74) is 5.48. The van der Waals surface area contributed by atoms with E-state index < -0.39 is 5.54 Å². The Labute approximate surface area is 130 Å². The summed E-state index contributed by atoms with van der Waals surface area (Å²) in [6.07, 6.45) is 4.87. The summed E-state index contributed by atoms with van der Waals surface area (Å²) in [5, 5.41) is 0. The number of hydrogen-bond donors (Lipinski definition) is 1. The van der Waals surface area contributed by atoms with Crippen LogP contribution in [-0.4, -0.2) is 42.6 Å². The van der Waals surface area contributed by atoms with Crippen molar-refractivity contribution in [1.29, 1.82) is 0 Å². The van der Waals surface area contributed by atoms with Gasteiger partial charge in [-0.05, 0) is 57.0 Å². The number of carbonyl (C=O) groups is 1. The van der Waals surface area contributed by atoms with Crippen LogP contribution in [-0.2, 0) is 9.53 Å². The first-order valence-electron chi connectivity index (χ1n) is 8.40. The molecule has 1 saturated carbocycles. The van der Waals surface area contributed by atoms with Gasteiger partial charge in [0.15, 0.2) is 0 Å². The van der Waals surface area contributed by atoms with Crippen LogP contribution >= 0.6 is 0 Å². The second kappa shape index (κ2) is 8.14. The second-order valence-corrected chi connectivity index (χ2v) is 7.45. The molecular weight excluding hydrogens is 264 g/mol. The van der Waals surface area contributed by atoms with Crippen LogP contribution in [0.4, 0.5) is 0 Å². The van der Waals surface area contributed by atoms with Crippen molar-refractivity contribution in [2.24, 2.45) is 17.6 Å². The highest BCUT2D eigenvalue weighted by atomic mass is 16.5. The fourth-order valence-corrected chi connectivity index (χ4v) is 3.07. The molecule has 0 aliphatic heterocycles. The molecule has 0 spiro atoms. The Morgan fingerprint density at radius 3 is 2.19 bits per heavy atom. The summed E-state index contributed by atoms with van der Waals surface area (Å²) in [6, 6.07) is 0.423. The third kappa shape index (κ3) is 5.59. The van der Waals surface area contributed by atoms with Crippen molar-refractivity contribution >= 4 is 5.97 Å². The predicted molar refractivity (Wildman–Crippen MR) is 87.1 cm³/mol. The molecule has 4 heteroatoms. The molecular formula is C17H34N2O2. The molecule has 0 aromatic rings. The highest BCUT2D eigenvalue weighted by Gasteiger charge is 2.44. The third-order valence-corrected chi connectivity index (χ3v) is 4.62. The quantitative estimate of drug-likeness (QED) is 0.700. The van der Waals surface area contributed by atoms with Gasteiger partial charge >= 0.3 is 5.97 Å². The van der Waals surface area contributed by atoms with E-state index in [2.05, 4.69) is 32.6 Å². The molecule has 2 N–H and O–H groups in total. The number of esters is 1. The topological polar surface area (TPSA) is 55.6 Å². The Hall–Kier alpha value is -0.610. The molecule has 21 heavy (non-hydrogen) atoms. The first-order valence-corrected chi connectivity index (χ1v) is 8.40. The lowest BCUT2D eigenvalue weighted by Crippen LogP contribution is -2.48. The van der Waals surface area contributed by atoms with E-state index in [-0.39, 0.29) is 5.97 Å². The van der Waals surface area contributed by atoms with Crippen molar-refractivity contribution in [3.63, 3.8) is 0 Å². The van der Waals surface area contributed by atoms with Gasteiger partial charge in [-0.25, -0.2) is 0 Å². The van der Waals surface area contributed by atoms with Crippen LogP contribution in [0, 0.1) is 11.8 Å². The van der Waals surface area contributed by atoms with Gasteiger partial charge in [-0.15, -0.1) is 0 Å². The molecule has 0 aromatic carbocycles. The van der Waals surface area contributed by atoms with Crippen LogP contribution in [0.25, 0.3) is 0 Å². The number of methoxy groups -OCH3 is 1. The molecule has 2 unspecified atom stereocenters. The van der Waals surface area contributed by atoms with E-state index in [1.807, 2.05) is 0 Å². The molecule has 2 atom stereocenters. The van der Waals surface area contributed by atoms with Crippen molar-refractivity contribution in [2.75, 3.05) is 20.2 Å². The molecule has 0 bridgehead atoms. The minimum atomic E-state index is -0.771. The Morgan fingerprint density at radius 2 is 1.76 bits per heavy atom. The predicted octanol–water partition coefficient (Wildman–Crippen LogP) is 2.80. The molecule has 0 amide bonds. The number of hydrogen-bond acceptors (Lipinski definition) is 4. The van der Waals surface area contributed by atoms with Gasteiger partial charge in [-0.1, -0.05) is 27.7 Å². The fraction of sp³-hybridized carbons (Fsp3) is 0.941. The Kier molecular flexibility index (Phi) is 7.14. The zero-order valence-electron chi connectivity index (χ0n) is 14.5. The van der Waals surface area contributed by atoms with Gasteiger partial charge in [0.2, 0.25) is 0 Å². The average molecular weight is 298 g/mol. The van der Waals surface area contributed by atoms with E-state index in [0.29, 0.717) is 17.9 Å². The molecule has 1 aliphatic carbocycles. The van der Waals surface area contributed by atoms with E-state index in [1.54, 1.807) is 0 Å². The SMILES string of the molecule is COC(=O)C1(N)CCC(N(CCC(C)C)CCC(C)C)C1. The molecule has 1 aliphatic rings. The van der Waals surface area contributed by atoms with E-state index >= 15 is 0 Å². The van der Waals surface area contributed by atoms with Crippen LogP contribution in [0.1, 0.15) is 59.8 Å². The van der Waals surface area contributed by atoms with E-state index in [0.717, 1.165) is 32.4 Å². The minimum Gasteiger partial charge on any atom is -0.468 e. The standard InChI is InChI=1S/C17H34N2O2/c1-13(2)7-10-19(11-8-14(3)4)15-6-9-17(18,12-15)16(20)21-5/h13-15H,6-12,18H2,1-5H3. The third-order valence-electron chi connectivity index (χ3n) is 4.62. The highest BCUT2D eigenvalue weighted by molar-refractivity contribution is 5.81. The second-order valence-electron chi connectivity index (χ2n) is 7.45. The van der Waals surface area contributed by atoms with Gasteiger partial charge in [0.05, 0.1) is 7.11 Å². The molecule has 0 radical (unpaired) electrons. The number of ether oxygens (including phenoxy) is 1. The number of rotatable bonds is 8. The normalized spacial score (nSPS) is 26.0. The lowest BCUT2D eigenvalue weighted by molar-refractivity contribution is -0.147. The summed E-state index contributed by atoms with van der Waals surface area (Å²) < 4.78 is 4.88. The Morgan fingerprint density at radius 1 is 1.24 bits per heavy atom. The van der Waals surface area contributed by atoms with Crippen LogP contribution in [0.15, 0.2) is 0 Å². The highest BCUT2D eigenvalue weighted by Crippen LogP contribution is 2.32. The van der Waals surface area contributed by atoms with E-state index in [1.165, 1.54) is 20.0 Å². The van der Waals surface area contributed by atoms with Crippen molar-refractivity contribution in [3.05, 3.63) is 0 Å². The van der Waals surface area contributed by atoms with Crippen molar-refractivity contribution in [2.45, 2.75) is 71.4 Å². The maximum Gasteiger partial charge on any atom is 0.325 e. The minimum absolute atomic E-state index is 0.252. The molecule has 0 aromatic heterocycles. The zero-order chi connectivity index (χ0) is 16.0. The summed E-state index contributed by atoms with van der Waals surface area (Å²) >= 11 is 0. The zero-order valence-corrected chi connectivity index (χ0v) is 14.5. The molecule has 4 nitrogen and oxygen atoms in total. The average Bonchev–Trinajstić information content (AvgIpc) is 2.81. The summed E-state index contributed by atoms with van der Waals surface area (Å²) in [6.45, 7) is 11.3. The molecule has 124 valence electrons. The Balaban J connectivity index is 2.64. The van der Waals surface area contributed by atoms with E-state index in [4.69, 9.17) is 10.5 Å². The summed E-state index contributed by atoms with van der Waals surface area (Å²) in [4.78, 5) is 14.4. The largest absolute Gasteiger partial charge is 0.468 e. The number of carbonyl (C=O) groups excluding carboxylic acids is 1. The fourth-order valence-electron chi connectivity index (χ4n) is 3.07. The first-order chi connectivity index (χ1) is 9.78. The molecule has 1 fully saturated rings. The number of nitrogens with two attached hydrogens (primary N) is 1. The van der Waals surface area contributed by atoms with Gasteiger partial charge in [0.25, 0.3) is 0 Å². The van der Waals surface area contributed by atoms with Crippen LogP contribution < -0.4 is 5.73 Å². The Bertz CT molecular complexity index is 319. The van der Waals surface area contributed by atoms with E-state index in [9.17, 15) is 4.79 Å². The van der Waals surface area contributed by atoms with Crippen LogP contribution in [0.3, 0.4) is 0 Å². The van der Waals surface area contributed by atoms with Gasteiger partial charge in [0, 0.05) is 6.04 Å². The van der Waals surface area contributed by atoms with Gasteiger partial charge in [-0.2, -0.15) is 0 Å². The maximum atomic E-state index is 11.9. The summed E-state index contributed by atoms with van der Waals surface area (Å²) in [7, 11) is 1.43. The summed E-state index contributed by atoms with van der Waals surface area (Å²) in [5.74, 6) is 1.16. The smallest absolute Gasteiger partial charge is 0.325 e. The monoisotopic (exact) mass is 298 g/mol. The lowest BCUT2D eigenvalue weighted by atomic mass is 9.98. The lowest BCUT2D eigenvalue weighted by Gasteiger charge is -2.31. The van der Waals surface area contributed by atoms with Gasteiger partial charge in [0.1, 0.15) is 5.54 Å². The molecule has 1 rings (SSSR count). The van der Waals surface area contributed by atoms with Crippen LogP contribution in [0.5, 0.6) is 0 Å². The van der Waals surface area contributed by atoms with Crippen molar-refractivity contribution in [1.82, 2.24) is 4.90 Å². The first kappa shape index (κ1) is 18.4. The van der Waals surface area contributed by atoms with Crippen LogP contribution in [0.2, 0.25) is 0 Å².